The van der Waals surface area contributed by atoms with Crippen LogP contribution in [0.3, 0.4) is 0 Å². The fourth-order valence-corrected chi connectivity index (χ4v) is 2.29. The minimum absolute atomic E-state index is 0.0362. The van der Waals surface area contributed by atoms with Crippen LogP contribution in [0.5, 0.6) is 11.5 Å². The van der Waals surface area contributed by atoms with Crippen LogP contribution in [0.25, 0.3) is 5.82 Å². The Kier molecular flexibility index (Phi) is 4.69. The van der Waals surface area contributed by atoms with Gasteiger partial charge in [-0.3, -0.25) is 4.79 Å². The topological polar surface area (TPSA) is 57.0 Å². The summed E-state index contributed by atoms with van der Waals surface area (Å²) >= 11 is 6.05. The first-order valence-corrected chi connectivity index (χ1v) is 7.70. The molecule has 0 radical (unpaired) electrons. The van der Waals surface area contributed by atoms with Crippen LogP contribution in [0.2, 0.25) is 5.02 Å². The molecule has 0 N–H and O–H groups in total. The van der Waals surface area contributed by atoms with Gasteiger partial charge in [0.15, 0.2) is 16.6 Å². The van der Waals surface area contributed by atoms with Crippen molar-refractivity contribution >= 4 is 11.6 Å². The molecule has 3 rings (SSSR count). The number of ether oxygens (including phenoxy) is 1. The van der Waals surface area contributed by atoms with Crippen molar-refractivity contribution in [2.75, 3.05) is 0 Å². The van der Waals surface area contributed by atoms with Crippen molar-refractivity contribution < 1.29 is 17.9 Å². The molecule has 0 amide bonds. The molecule has 0 saturated carbocycles. The monoisotopic (exact) mass is 381 g/mol. The average Bonchev–Trinajstić information content (AvgIpc) is 2.60. The van der Waals surface area contributed by atoms with Crippen molar-refractivity contribution in [3.63, 3.8) is 0 Å². The summed E-state index contributed by atoms with van der Waals surface area (Å²) in [6.45, 7) is 1.82. The Morgan fingerprint density at radius 1 is 1.08 bits per heavy atom. The Bertz CT molecular complexity index is 1000. The van der Waals surface area contributed by atoms with E-state index in [1.807, 2.05) is 19.1 Å². The van der Waals surface area contributed by atoms with E-state index in [2.05, 4.69) is 10.1 Å². The Balaban J connectivity index is 1.95. The van der Waals surface area contributed by atoms with E-state index in [0.717, 1.165) is 22.4 Å². The van der Waals surface area contributed by atoms with Crippen LogP contribution in [-0.2, 0) is 6.18 Å². The van der Waals surface area contributed by atoms with Crippen LogP contribution in [0.15, 0.2) is 53.6 Å². The fraction of sp³-hybridized carbons (Fsp3) is 0.118. The molecule has 0 saturated heterocycles. The van der Waals surface area contributed by atoms with E-state index >= 15 is 0 Å². The van der Waals surface area contributed by atoms with Crippen LogP contribution in [-0.4, -0.2) is 14.8 Å². The van der Waals surface area contributed by atoms with Crippen molar-refractivity contribution in [3.8, 4) is 17.3 Å². The highest BCUT2D eigenvalue weighted by atomic mass is 35.5. The molecule has 5 nitrogen and oxygen atoms in total. The molecule has 0 aliphatic rings. The van der Waals surface area contributed by atoms with E-state index in [0.29, 0.717) is 11.9 Å². The molecule has 0 aliphatic carbocycles. The third-order valence-corrected chi connectivity index (χ3v) is 3.84. The summed E-state index contributed by atoms with van der Waals surface area (Å²) in [6.07, 6.45) is -2.70. The standard InChI is InChI=1S/C17H11ClF3N3O2/c1-10-4-2-3-5-12(10)26-13-9-23-24(16(25)15(13)18)14-7-6-11(8-22-14)17(19,20)21/h2-9H,1H3. The third kappa shape index (κ3) is 3.55. The number of aromatic nitrogens is 3. The molecule has 26 heavy (non-hydrogen) atoms. The number of hydrogen-bond donors (Lipinski definition) is 0. The van der Waals surface area contributed by atoms with Gasteiger partial charge in [0.1, 0.15) is 5.75 Å². The number of halogens is 4. The molecular formula is C17H11ClF3N3O2. The number of nitrogens with zero attached hydrogens (tertiary/aromatic N) is 3. The number of alkyl halides is 3. The van der Waals surface area contributed by atoms with Gasteiger partial charge in [0.25, 0.3) is 5.56 Å². The van der Waals surface area contributed by atoms with Crippen LogP contribution >= 0.6 is 11.6 Å². The number of pyridine rings is 1. The molecule has 134 valence electrons. The van der Waals surface area contributed by atoms with Gasteiger partial charge in [-0.05, 0) is 30.7 Å². The molecule has 0 spiro atoms. The van der Waals surface area contributed by atoms with Crippen molar-refractivity contribution in [1.82, 2.24) is 14.8 Å². The smallest absolute Gasteiger partial charge is 0.417 e. The van der Waals surface area contributed by atoms with Gasteiger partial charge in [0, 0.05) is 6.20 Å². The molecule has 2 heterocycles. The van der Waals surface area contributed by atoms with Gasteiger partial charge in [-0.25, -0.2) is 4.98 Å². The maximum atomic E-state index is 12.6. The largest absolute Gasteiger partial charge is 0.454 e. The summed E-state index contributed by atoms with van der Waals surface area (Å²) in [5.74, 6) is 0.447. The highest BCUT2D eigenvalue weighted by Crippen LogP contribution is 2.30. The fourth-order valence-electron chi connectivity index (χ4n) is 2.12. The van der Waals surface area contributed by atoms with Crippen molar-refractivity contribution in [1.29, 1.82) is 0 Å². The maximum Gasteiger partial charge on any atom is 0.417 e. The summed E-state index contributed by atoms with van der Waals surface area (Å²) in [5, 5.41) is 3.62. The van der Waals surface area contributed by atoms with Gasteiger partial charge in [0.05, 0.1) is 11.8 Å². The number of para-hydroxylation sites is 1. The van der Waals surface area contributed by atoms with Gasteiger partial charge in [-0.2, -0.15) is 23.0 Å². The lowest BCUT2D eigenvalue weighted by molar-refractivity contribution is -0.137. The van der Waals surface area contributed by atoms with Crippen molar-refractivity contribution in [2.24, 2.45) is 0 Å². The summed E-state index contributed by atoms with van der Waals surface area (Å²) in [7, 11) is 0. The molecule has 1 aromatic carbocycles. The van der Waals surface area contributed by atoms with E-state index < -0.39 is 17.3 Å². The van der Waals surface area contributed by atoms with E-state index in [1.165, 1.54) is 6.20 Å². The molecule has 3 aromatic rings. The Hall–Kier alpha value is -2.87. The molecule has 0 atom stereocenters. The highest BCUT2D eigenvalue weighted by molar-refractivity contribution is 6.31. The quantitative estimate of drug-likeness (QED) is 0.674. The lowest BCUT2D eigenvalue weighted by Gasteiger charge is -2.11. The molecule has 9 heteroatoms. The van der Waals surface area contributed by atoms with Gasteiger partial charge < -0.3 is 4.74 Å². The van der Waals surface area contributed by atoms with Gasteiger partial charge in [-0.15, -0.1) is 0 Å². The SMILES string of the molecule is Cc1ccccc1Oc1cnn(-c2ccc(C(F)(F)F)cn2)c(=O)c1Cl. The highest BCUT2D eigenvalue weighted by Gasteiger charge is 2.30. The zero-order valence-corrected chi connectivity index (χ0v) is 14.0. The first kappa shape index (κ1) is 17.9. The number of aryl methyl sites for hydroxylation is 1. The summed E-state index contributed by atoms with van der Waals surface area (Å²) in [4.78, 5) is 16.0. The van der Waals surface area contributed by atoms with Crippen LogP contribution in [0.1, 0.15) is 11.1 Å². The van der Waals surface area contributed by atoms with Crippen molar-refractivity contribution in [2.45, 2.75) is 13.1 Å². The van der Waals surface area contributed by atoms with E-state index in [9.17, 15) is 18.0 Å². The third-order valence-electron chi connectivity index (χ3n) is 3.49. The Labute approximate surface area is 150 Å². The van der Waals surface area contributed by atoms with Crippen LogP contribution in [0.4, 0.5) is 13.2 Å². The van der Waals surface area contributed by atoms with Gasteiger partial charge >= 0.3 is 6.18 Å². The van der Waals surface area contributed by atoms with Crippen LogP contribution in [0, 0.1) is 6.92 Å². The number of rotatable bonds is 3. The van der Waals surface area contributed by atoms with Gasteiger partial charge in [0.2, 0.25) is 0 Å². The second kappa shape index (κ2) is 6.80. The second-order valence-electron chi connectivity index (χ2n) is 5.31. The van der Waals surface area contributed by atoms with Crippen LogP contribution < -0.4 is 10.3 Å². The minimum atomic E-state index is -4.52. The normalized spacial score (nSPS) is 11.4. The number of benzene rings is 1. The first-order valence-electron chi connectivity index (χ1n) is 7.32. The molecular weight excluding hydrogens is 371 g/mol. The van der Waals surface area contributed by atoms with E-state index in [1.54, 1.807) is 12.1 Å². The summed E-state index contributed by atoms with van der Waals surface area (Å²) < 4.78 is 44.2. The maximum absolute atomic E-state index is 12.6. The lowest BCUT2D eigenvalue weighted by Crippen LogP contribution is -2.23. The molecule has 0 unspecified atom stereocenters. The van der Waals surface area contributed by atoms with E-state index in [-0.39, 0.29) is 16.6 Å². The zero-order chi connectivity index (χ0) is 18.9. The molecule has 2 aromatic heterocycles. The second-order valence-corrected chi connectivity index (χ2v) is 5.69. The Morgan fingerprint density at radius 3 is 2.42 bits per heavy atom. The molecule has 0 aliphatic heterocycles. The van der Waals surface area contributed by atoms with Gasteiger partial charge in [-0.1, -0.05) is 29.8 Å². The zero-order valence-electron chi connectivity index (χ0n) is 13.3. The summed E-state index contributed by atoms with van der Waals surface area (Å²) in [5.41, 5.74) is -0.859. The predicted molar refractivity (Wildman–Crippen MR) is 88.9 cm³/mol. The molecule has 0 bridgehead atoms. The Morgan fingerprint density at radius 2 is 1.81 bits per heavy atom. The number of hydrogen-bond acceptors (Lipinski definition) is 4. The molecule has 0 fully saturated rings. The van der Waals surface area contributed by atoms with Crippen molar-refractivity contribution in [3.05, 3.63) is 75.3 Å². The minimum Gasteiger partial charge on any atom is -0.454 e. The predicted octanol–water partition coefficient (Wildman–Crippen LogP) is 4.40. The van der Waals surface area contributed by atoms with E-state index in [4.69, 9.17) is 16.3 Å². The summed E-state index contributed by atoms with van der Waals surface area (Å²) in [6, 6.07) is 8.96. The lowest BCUT2D eigenvalue weighted by atomic mass is 10.2. The first-order chi connectivity index (χ1) is 12.3. The average molecular weight is 382 g/mol.